The Balaban J connectivity index is 1.40. The zero-order valence-electron chi connectivity index (χ0n) is 18.1. The van der Waals surface area contributed by atoms with Gasteiger partial charge in [0.15, 0.2) is 16.6 Å². The minimum Gasteiger partial charge on any atom is -0.493 e. The number of halogens is 2. The summed E-state index contributed by atoms with van der Waals surface area (Å²) in [5.74, 6) is 0.703. The summed E-state index contributed by atoms with van der Waals surface area (Å²) in [5, 5.41) is 2.65. The first-order valence-corrected chi connectivity index (χ1v) is 12.9. The van der Waals surface area contributed by atoms with Crippen LogP contribution >= 0.6 is 22.9 Å². The van der Waals surface area contributed by atoms with E-state index in [1.807, 2.05) is 23.6 Å². The van der Waals surface area contributed by atoms with Crippen LogP contribution in [0, 0.1) is 5.82 Å². The monoisotopic (exact) mass is 511 g/mol. The second-order valence-electron chi connectivity index (χ2n) is 7.45. The van der Waals surface area contributed by atoms with Gasteiger partial charge < -0.3 is 14.4 Å². The molecule has 33 heavy (non-hydrogen) atoms. The van der Waals surface area contributed by atoms with E-state index < -0.39 is 15.8 Å². The van der Waals surface area contributed by atoms with Crippen molar-refractivity contribution in [2.45, 2.75) is 11.3 Å². The van der Waals surface area contributed by atoms with E-state index in [1.54, 1.807) is 14.2 Å². The van der Waals surface area contributed by atoms with Gasteiger partial charge in [-0.2, -0.15) is 4.31 Å². The van der Waals surface area contributed by atoms with Crippen LogP contribution in [0.25, 0.3) is 0 Å². The van der Waals surface area contributed by atoms with E-state index in [0.29, 0.717) is 44.1 Å². The van der Waals surface area contributed by atoms with Crippen molar-refractivity contribution in [3.05, 3.63) is 63.9 Å². The Morgan fingerprint density at radius 2 is 1.79 bits per heavy atom. The Morgan fingerprint density at radius 1 is 1.06 bits per heavy atom. The van der Waals surface area contributed by atoms with E-state index in [9.17, 15) is 12.8 Å². The van der Waals surface area contributed by atoms with Gasteiger partial charge in [-0.15, -0.1) is 11.3 Å². The molecule has 1 aliphatic rings. The van der Waals surface area contributed by atoms with Crippen molar-refractivity contribution in [2.75, 3.05) is 45.3 Å². The molecule has 1 fully saturated rings. The molecular weight excluding hydrogens is 489 g/mol. The van der Waals surface area contributed by atoms with Gasteiger partial charge in [0.2, 0.25) is 10.0 Å². The highest BCUT2D eigenvalue weighted by Crippen LogP contribution is 2.30. The number of anilines is 1. The maximum absolute atomic E-state index is 13.4. The van der Waals surface area contributed by atoms with Crippen LogP contribution in [0.15, 0.2) is 46.7 Å². The molecule has 0 spiro atoms. The average molecular weight is 512 g/mol. The van der Waals surface area contributed by atoms with Gasteiger partial charge in [0.25, 0.3) is 0 Å². The highest BCUT2D eigenvalue weighted by Gasteiger charge is 2.30. The summed E-state index contributed by atoms with van der Waals surface area (Å²) in [6.07, 6.45) is 0.649. The lowest BCUT2D eigenvalue weighted by molar-refractivity contribution is 0.354. The van der Waals surface area contributed by atoms with Gasteiger partial charge in [0.05, 0.1) is 29.8 Å². The summed E-state index contributed by atoms with van der Waals surface area (Å²) in [4.78, 5) is 6.81. The lowest BCUT2D eigenvalue weighted by atomic mass is 10.1. The van der Waals surface area contributed by atoms with Crippen molar-refractivity contribution in [1.29, 1.82) is 0 Å². The van der Waals surface area contributed by atoms with Crippen LogP contribution in [-0.2, 0) is 16.4 Å². The summed E-state index contributed by atoms with van der Waals surface area (Å²) in [7, 11) is -0.533. The van der Waals surface area contributed by atoms with Gasteiger partial charge in [-0.1, -0.05) is 17.7 Å². The highest BCUT2D eigenvalue weighted by molar-refractivity contribution is 7.89. The Morgan fingerprint density at radius 3 is 2.45 bits per heavy atom. The van der Waals surface area contributed by atoms with Crippen molar-refractivity contribution in [3.63, 3.8) is 0 Å². The van der Waals surface area contributed by atoms with E-state index in [-0.39, 0.29) is 9.92 Å². The first kappa shape index (κ1) is 23.7. The van der Waals surface area contributed by atoms with Crippen LogP contribution in [0.3, 0.4) is 0 Å². The summed E-state index contributed by atoms with van der Waals surface area (Å²) >= 11 is 7.30. The molecule has 0 amide bonds. The standard InChI is InChI=1S/C22H23ClFN3O4S2/c1-30-20-6-3-15(12-21(20)31-2)11-16-14-32-22(25-16)26-7-9-27(10-8-26)33(28,29)17-4-5-19(24)18(23)13-17/h3-6,12-14H,7-11H2,1-2H3. The normalized spacial score (nSPS) is 15.0. The summed E-state index contributed by atoms with van der Waals surface area (Å²) in [5.41, 5.74) is 1.98. The van der Waals surface area contributed by atoms with Gasteiger partial charge in [0, 0.05) is 38.0 Å². The second kappa shape index (κ2) is 9.84. The second-order valence-corrected chi connectivity index (χ2v) is 10.6. The smallest absolute Gasteiger partial charge is 0.243 e. The Labute approximate surface area is 201 Å². The lowest BCUT2D eigenvalue weighted by Crippen LogP contribution is -2.48. The van der Waals surface area contributed by atoms with Gasteiger partial charge in [-0.3, -0.25) is 0 Å². The third kappa shape index (κ3) is 5.08. The Hall–Kier alpha value is -2.40. The SMILES string of the molecule is COc1ccc(Cc2csc(N3CCN(S(=O)(=O)c4ccc(F)c(Cl)c4)CC3)n2)cc1OC. The fourth-order valence-electron chi connectivity index (χ4n) is 3.63. The first-order chi connectivity index (χ1) is 15.8. The molecule has 1 aromatic heterocycles. The van der Waals surface area contributed by atoms with E-state index >= 15 is 0 Å². The number of piperazine rings is 1. The Bertz CT molecular complexity index is 1240. The number of sulfonamides is 1. The molecule has 1 aliphatic heterocycles. The first-order valence-electron chi connectivity index (χ1n) is 10.2. The minimum absolute atomic E-state index is 0.00574. The van der Waals surface area contributed by atoms with Gasteiger partial charge in [0.1, 0.15) is 5.82 Å². The van der Waals surface area contributed by atoms with Crippen LogP contribution in [0.4, 0.5) is 9.52 Å². The van der Waals surface area contributed by atoms with Crippen molar-refractivity contribution in [3.8, 4) is 11.5 Å². The van der Waals surface area contributed by atoms with Crippen molar-refractivity contribution >= 4 is 38.1 Å². The molecule has 0 unspecified atom stereocenters. The Kier molecular flexibility index (Phi) is 7.08. The van der Waals surface area contributed by atoms with Gasteiger partial charge >= 0.3 is 0 Å². The summed E-state index contributed by atoms with van der Waals surface area (Å²) in [6.45, 7) is 1.64. The predicted molar refractivity (Wildman–Crippen MR) is 127 cm³/mol. The molecule has 176 valence electrons. The molecule has 4 rings (SSSR count). The molecule has 3 aromatic rings. The van der Waals surface area contributed by atoms with Crippen molar-refractivity contribution < 1.29 is 22.3 Å². The lowest BCUT2D eigenvalue weighted by Gasteiger charge is -2.33. The summed E-state index contributed by atoms with van der Waals surface area (Å²) in [6, 6.07) is 9.25. The molecule has 11 heteroatoms. The number of hydrogen-bond acceptors (Lipinski definition) is 7. The van der Waals surface area contributed by atoms with Crippen LogP contribution in [0.2, 0.25) is 5.02 Å². The molecule has 7 nitrogen and oxygen atoms in total. The van der Waals surface area contributed by atoms with Crippen LogP contribution in [-0.4, -0.2) is 58.1 Å². The molecule has 0 bridgehead atoms. The number of rotatable bonds is 7. The van der Waals surface area contributed by atoms with Crippen LogP contribution in [0.5, 0.6) is 11.5 Å². The third-order valence-corrected chi connectivity index (χ3v) is 8.55. The fraction of sp³-hybridized carbons (Fsp3) is 0.318. The minimum atomic E-state index is -3.74. The predicted octanol–water partition coefficient (Wildman–Crippen LogP) is 4.05. The quantitative estimate of drug-likeness (QED) is 0.476. The van der Waals surface area contributed by atoms with E-state index in [0.717, 1.165) is 28.5 Å². The number of nitrogens with zero attached hydrogens (tertiary/aromatic N) is 3. The van der Waals surface area contributed by atoms with Crippen LogP contribution in [0.1, 0.15) is 11.3 Å². The molecule has 0 radical (unpaired) electrons. The third-order valence-electron chi connectivity index (χ3n) is 5.41. The molecule has 0 aliphatic carbocycles. The topological polar surface area (TPSA) is 72.0 Å². The van der Waals surface area contributed by atoms with Crippen molar-refractivity contribution in [2.24, 2.45) is 0 Å². The molecule has 2 heterocycles. The molecule has 0 N–H and O–H groups in total. The number of thiazole rings is 1. The van der Waals surface area contributed by atoms with Crippen molar-refractivity contribution in [1.82, 2.24) is 9.29 Å². The van der Waals surface area contributed by atoms with E-state index in [4.69, 9.17) is 26.1 Å². The number of hydrogen-bond donors (Lipinski definition) is 0. The molecule has 2 aromatic carbocycles. The summed E-state index contributed by atoms with van der Waals surface area (Å²) < 4.78 is 51.2. The largest absolute Gasteiger partial charge is 0.493 e. The number of aromatic nitrogens is 1. The zero-order chi connectivity index (χ0) is 23.6. The van der Waals surface area contributed by atoms with Gasteiger partial charge in [-0.25, -0.2) is 17.8 Å². The zero-order valence-corrected chi connectivity index (χ0v) is 20.5. The molecule has 1 saturated heterocycles. The number of ether oxygens (including phenoxy) is 2. The number of methoxy groups -OCH3 is 2. The molecule has 0 atom stereocenters. The van der Waals surface area contributed by atoms with Crippen LogP contribution < -0.4 is 14.4 Å². The molecule has 0 saturated carbocycles. The van der Waals surface area contributed by atoms with E-state index in [1.165, 1.54) is 21.7 Å². The van der Waals surface area contributed by atoms with Gasteiger partial charge in [-0.05, 0) is 35.9 Å². The maximum Gasteiger partial charge on any atom is 0.243 e. The number of benzene rings is 2. The van der Waals surface area contributed by atoms with E-state index in [2.05, 4.69) is 4.90 Å². The highest BCUT2D eigenvalue weighted by atomic mass is 35.5. The average Bonchev–Trinajstić information content (AvgIpc) is 3.29. The molecular formula is C22H23ClFN3O4S2. The maximum atomic E-state index is 13.4. The fourth-order valence-corrected chi connectivity index (χ4v) is 6.20.